The van der Waals surface area contributed by atoms with E-state index in [9.17, 15) is 29.1 Å². The second kappa shape index (κ2) is 28.9. The topological polar surface area (TPSA) is 174 Å². The van der Waals surface area contributed by atoms with Crippen molar-refractivity contribution >= 4 is 142 Å². The third-order valence-electron chi connectivity index (χ3n) is 8.04. The number of amides is 4. The Morgan fingerprint density at radius 1 is 0.729 bits per heavy atom. The number of hydrogen-bond donors (Lipinski definition) is 3. The van der Waals surface area contributed by atoms with Gasteiger partial charge in [-0.1, -0.05) is 122 Å². The van der Waals surface area contributed by atoms with E-state index < -0.39 is 6.10 Å². The van der Waals surface area contributed by atoms with E-state index in [2.05, 4.69) is 93.3 Å². The van der Waals surface area contributed by atoms with Crippen molar-refractivity contribution in [3.63, 3.8) is 0 Å². The largest absolute Gasteiger partial charge is 0.493 e. The van der Waals surface area contributed by atoms with Crippen LogP contribution in [0.4, 0.5) is 9.59 Å². The van der Waals surface area contributed by atoms with E-state index in [1.165, 1.54) is 6.92 Å². The summed E-state index contributed by atoms with van der Waals surface area (Å²) in [6.45, 7) is 4.19. The molecule has 2 aromatic heterocycles. The standard InChI is InChI=1S/C19H20N2O4S.C19H18N2O4S.CHI3.CH2I.V/c2*1-12(22)14-4-5-15(20-11-14)8-9-25-16-6-2-13(3-7-16)10-17-18(23)21-19(24)26-17;2-1(3)4;1-2;/h2-7,11-12,17,22H,8-10H2,1H3,(H,21,23,24);2-7,11,17H,8-10H2,1H3,(H,21,23,24);1H;1H2;/q;;;-1;. The molecule has 315 valence electrons. The van der Waals surface area contributed by atoms with Crippen LogP contribution < -0.4 is 20.1 Å². The summed E-state index contributed by atoms with van der Waals surface area (Å²) >= 11 is 10.9. The van der Waals surface area contributed by atoms with Crippen molar-refractivity contribution in [2.75, 3.05) is 13.2 Å². The second-order valence-corrected chi connectivity index (χ2v) is 25.5. The summed E-state index contributed by atoms with van der Waals surface area (Å²) in [6, 6.07) is 22.4. The molecule has 2 aliphatic heterocycles. The molecule has 19 heteroatoms. The van der Waals surface area contributed by atoms with Gasteiger partial charge in [-0.3, -0.25) is 49.5 Å². The number of Topliss-reactive ketones (excluding diaryl/α,β-unsaturated/α-hetero) is 1. The molecule has 0 bridgehead atoms. The van der Waals surface area contributed by atoms with Crippen molar-refractivity contribution in [1.29, 1.82) is 0 Å². The number of nitrogens with one attached hydrogen (secondary N) is 2. The van der Waals surface area contributed by atoms with Gasteiger partial charge in [0, 0.05) is 60.7 Å². The third-order valence-corrected chi connectivity index (χ3v) is 10.0. The quantitative estimate of drug-likeness (QED) is 0.0474. The van der Waals surface area contributed by atoms with Crippen molar-refractivity contribution in [3.8, 4) is 11.5 Å². The zero-order chi connectivity index (χ0) is 42.6. The summed E-state index contributed by atoms with van der Waals surface area (Å²) in [5.41, 5.74) is 5.11. The molecule has 2 aromatic carbocycles. The molecule has 59 heavy (non-hydrogen) atoms. The van der Waals surface area contributed by atoms with Crippen LogP contribution in [0.25, 0.3) is 0 Å². The number of halogens is 4. The Balaban J connectivity index is 0.000000354. The van der Waals surface area contributed by atoms with E-state index in [0.717, 1.165) is 63.0 Å². The van der Waals surface area contributed by atoms with Crippen molar-refractivity contribution in [1.82, 2.24) is 20.6 Å². The maximum atomic E-state index is 11.6. The minimum absolute atomic E-state index is 0. The van der Waals surface area contributed by atoms with Gasteiger partial charge in [-0.2, -0.15) is 0 Å². The number of ether oxygens (including phenoxy) is 2. The Hall–Kier alpha value is -1.55. The molecule has 2 fully saturated rings. The average molecular weight is 1330 g/mol. The Morgan fingerprint density at radius 2 is 1.14 bits per heavy atom. The minimum atomic E-state index is -0.516. The van der Waals surface area contributed by atoms with E-state index in [1.807, 2.05) is 89.3 Å². The van der Waals surface area contributed by atoms with Crippen molar-refractivity contribution in [2.45, 2.75) is 56.1 Å². The van der Waals surface area contributed by atoms with Gasteiger partial charge in [0.2, 0.25) is 11.8 Å². The summed E-state index contributed by atoms with van der Waals surface area (Å²) in [6.07, 6.45) is 5.07. The van der Waals surface area contributed by atoms with Crippen molar-refractivity contribution in [2.24, 2.45) is 0 Å². The van der Waals surface area contributed by atoms with Crippen LogP contribution >= 0.6 is 114 Å². The van der Waals surface area contributed by atoms with Crippen LogP contribution in [0.15, 0.2) is 85.2 Å². The van der Waals surface area contributed by atoms with Gasteiger partial charge in [0.25, 0.3) is 10.5 Å². The molecule has 4 heterocycles. The van der Waals surface area contributed by atoms with Crippen LogP contribution in [-0.4, -0.2) is 66.8 Å². The summed E-state index contributed by atoms with van der Waals surface area (Å²) in [5, 5.41) is 12.8. The number of aliphatic hydroxyl groups excluding tert-OH is 1. The second-order valence-electron chi connectivity index (χ2n) is 12.3. The predicted molar refractivity (Wildman–Crippen MR) is 263 cm³/mol. The van der Waals surface area contributed by atoms with E-state index in [1.54, 1.807) is 25.4 Å². The first kappa shape index (κ1) is 53.6. The molecule has 0 saturated carbocycles. The Bertz CT molecular complexity index is 1950. The molecular weight excluding hydrogens is 1290 g/mol. The van der Waals surface area contributed by atoms with Crippen molar-refractivity contribution in [3.05, 3.63) is 124 Å². The Labute approximate surface area is 419 Å². The van der Waals surface area contributed by atoms with E-state index in [4.69, 9.17) is 9.47 Å². The van der Waals surface area contributed by atoms with Gasteiger partial charge in [-0.25, -0.2) is 0 Å². The van der Waals surface area contributed by atoms with Gasteiger partial charge in [0.05, 0.1) is 29.8 Å². The Kier molecular flexibility index (Phi) is 26.3. The maximum absolute atomic E-state index is 11.6. The number of imide groups is 2. The summed E-state index contributed by atoms with van der Waals surface area (Å²) in [4.78, 5) is 68.6. The number of hydrogen-bond acceptors (Lipinski definition) is 12. The van der Waals surface area contributed by atoms with Gasteiger partial charge in [-0.05, 0) is 85.8 Å². The number of alkyl halides is 3. The number of rotatable bonds is 14. The summed E-state index contributed by atoms with van der Waals surface area (Å²) in [7, 11) is 0. The summed E-state index contributed by atoms with van der Waals surface area (Å²) in [5.74, 6) is 1.01. The zero-order valence-electron chi connectivity index (χ0n) is 31.8. The van der Waals surface area contributed by atoms with Crippen LogP contribution in [0, 0.1) is 4.93 Å². The number of aliphatic hydroxyl groups is 1. The zero-order valence-corrected chi connectivity index (χ0v) is 43.5. The number of thioether (sulfide) groups is 2. The SMILES string of the molecule is CC(=O)c1ccc(CCOc2ccc(CC3SC(=O)NC3=O)cc2)nc1.CC(O)c1ccc(CCOc2ccc(CC3SC(=O)NC3=O)cc2)nc1.IC(I)I.[CH2-]I.[V]. The average Bonchev–Trinajstić information content (AvgIpc) is 3.70. The van der Waals surface area contributed by atoms with Crippen LogP contribution in [0.5, 0.6) is 11.5 Å². The van der Waals surface area contributed by atoms with Gasteiger partial charge in [0.15, 0.2) is 5.78 Å². The number of nitrogens with zero attached hydrogens (tertiary/aromatic N) is 2. The molecule has 4 aromatic rings. The molecule has 2 saturated heterocycles. The van der Waals surface area contributed by atoms with Gasteiger partial charge >= 0.3 is 0 Å². The van der Waals surface area contributed by atoms with Crippen LogP contribution in [0.3, 0.4) is 0 Å². The van der Waals surface area contributed by atoms with Crippen LogP contribution in [0.1, 0.15) is 58.4 Å². The van der Waals surface area contributed by atoms with Crippen LogP contribution in [0.2, 0.25) is 0 Å². The molecular formula is C40H41I4N4O8S2V-. The van der Waals surface area contributed by atoms with Crippen LogP contribution in [-0.2, 0) is 53.8 Å². The molecule has 12 nitrogen and oxygen atoms in total. The normalized spacial score (nSPS) is 15.8. The first-order chi connectivity index (χ1) is 27.7. The van der Waals surface area contributed by atoms with Gasteiger partial charge < -0.3 is 37.2 Å². The summed E-state index contributed by atoms with van der Waals surface area (Å²) < 4.78 is 12.2. The number of carbonyl (C=O) groups is 5. The molecule has 6 rings (SSSR count). The molecule has 3 N–H and O–H groups in total. The van der Waals surface area contributed by atoms with E-state index in [-0.39, 0.29) is 57.1 Å². The van der Waals surface area contributed by atoms with Crippen molar-refractivity contribution < 1.29 is 57.1 Å². The molecule has 1 radical (unpaired) electrons. The third kappa shape index (κ3) is 20.5. The first-order valence-corrected chi connectivity index (χ1v) is 24.5. The number of ketones is 1. The fourth-order valence-electron chi connectivity index (χ4n) is 5.09. The fraction of sp³-hybridized carbons (Fsp3) is 0.300. The monoisotopic (exact) mass is 1330 g/mol. The molecule has 2 aliphatic rings. The maximum Gasteiger partial charge on any atom is 0.286 e. The van der Waals surface area contributed by atoms with Gasteiger partial charge in [-0.15, -0.1) is 0 Å². The molecule has 4 amide bonds. The number of benzene rings is 2. The van der Waals surface area contributed by atoms with Gasteiger partial charge in [0.1, 0.15) is 11.4 Å². The minimum Gasteiger partial charge on any atom is -0.493 e. The molecule has 0 spiro atoms. The number of pyridine rings is 2. The fourth-order valence-corrected chi connectivity index (χ4v) is 6.80. The van der Waals surface area contributed by atoms with E-state index in [0.29, 0.717) is 44.5 Å². The van der Waals surface area contributed by atoms with E-state index >= 15 is 0 Å². The number of carbonyl (C=O) groups excluding carboxylic acids is 5. The molecule has 3 atom stereocenters. The molecule has 0 aliphatic carbocycles. The number of aromatic nitrogens is 2. The Morgan fingerprint density at radius 3 is 1.44 bits per heavy atom. The predicted octanol–water partition coefficient (Wildman–Crippen LogP) is 9.24. The first-order valence-electron chi connectivity index (χ1n) is 17.5. The smallest absolute Gasteiger partial charge is 0.286 e. The molecule has 3 unspecified atom stereocenters.